The predicted molar refractivity (Wildman–Crippen MR) is 56.3 cm³/mol. The number of rotatable bonds is 4. The Hall–Kier alpha value is -1.31. The lowest BCUT2D eigenvalue weighted by molar-refractivity contribution is -0.141. The summed E-state index contributed by atoms with van der Waals surface area (Å²) in [7, 11) is 0. The van der Waals surface area contributed by atoms with Crippen LogP contribution >= 0.6 is 0 Å². The van der Waals surface area contributed by atoms with Crippen LogP contribution in [-0.2, 0) is 4.79 Å². The summed E-state index contributed by atoms with van der Waals surface area (Å²) in [6.45, 7) is 3.79. The maximum atomic E-state index is 10.9. The van der Waals surface area contributed by atoms with E-state index in [-0.39, 0.29) is 11.8 Å². The van der Waals surface area contributed by atoms with Crippen LogP contribution in [0.1, 0.15) is 31.7 Å². The molecule has 0 fully saturated rings. The van der Waals surface area contributed by atoms with Crippen molar-refractivity contribution in [2.24, 2.45) is 5.92 Å². The molecule has 0 amide bonds. The molecule has 0 aliphatic carbocycles. The molecule has 76 valence electrons. The van der Waals surface area contributed by atoms with Crippen molar-refractivity contribution in [3.63, 3.8) is 0 Å². The molecule has 0 saturated carbocycles. The highest BCUT2D eigenvalue weighted by Gasteiger charge is 2.22. The van der Waals surface area contributed by atoms with E-state index in [0.717, 1.165) is 12.0 Å². The minimum atomic E-state index is -0.722. The van der Waals surface area contributed by atoms with Crippen LogP contribution < -0.4 is 0 Å². The Morgan fingerprint density at radius 3 is 2.36 bits per heavy atom. The van der Waals surface area contributed by atoms with Crippen LogP contribution in [0.2, 0.25) is 0 Å². The molecule has 2 nitrogen and oxygen atoms in total. The van der Waals surface area contributed by atoms with Gasteiger partial charge in [0.05, 0.1) is 5.92 Å². The summed E-state index contributed by atoms with van der Waals surface area (Å²) in [5, 5.41) is 8.94. The minimum Gasteiger partial charge on any atom is -0.481 e. The van der Waals surface area contributed by atoms with Crippen LogP contribution in [0.25, 0.3) is 0 Å². The number of carbonyl (C=O) groups is 1. The van der Waals surface area contributed by atoms with Gasteiger partial charge in [-0.1, -0.05) is 44.2 Å². The van der Waals surface area contributed by atoms with E-state index in [1.165, 1.54) is 0 Å². The SMILES string of the molecule is CC[C@@H](c1ccccc1)[C@@H](C)C(=O)O. The fourth-order valence-corrected chi connectivity index (χ4v) is 1.75. The Kier molecular flexibility index (Phi) is 3.69. The maximum absolute atomic E-state index is 10.9. The summed E-state index contributed by atoms with van der Waals surface area (Å²) in [6.07, 6.45) is 0.859. The number of carboxylic acid groups (broad SMARTS) is 1. The molecule has 0 aliphatic heterocycles. The van der Waals surface area contributed by atoms with Gasteiger partial charge in [0.15, 0.2) is 0 Å². The first kappa shape index (κ1) is 10.8. The lowest BCUT2D eigenvalue weighted by Crippen LogP contribution is -2.18. The van der Waals surface area contributed by atoms with E-state index < -0.39 is 5.97 Å². The highest BCUT2D eigenvalue weighted by Crippen LogP contribution is 2.27. The van der Waals surface area contributed by atoms with Crippen molar-refractivity contribution >= 4 is 5.97 Å². The molecule has 1 aromatic rings. The predicted octanol–water partition coefficient (Wildman–Crippen LogP) is 2.90. The number of benzene rings is 1. The summed E-state index contributed by atoms with van der Waals surface area (Å²) in [5.74, 6) is -0.920. The van der Waals surface area contributed by atoms with E-state index in [1.807, 2.05) is 37.3 Å². The third-order valence-electron chi connectivity index (χ3n) is 2.66. The molecule has 0 saturated heterocycles. The quantitative estimate of drug-likeness (QED) is 0.796. The van der Waals surface area contributed by atoms with Gasteiger partial charge in [-0.2, -0.15) is 0 Å². The van der Waals surface area contributed by atoms with Gasteiger partial charge in [0.2, 0.25) is 0 Å². The van der Waals surface area contributed by atoms with Gasteiger partial charge < -0.3 is 5.11 Å². The van der Waals surface area contributed by atoms with Gasteiger partial charge in [-0.15, -0.1) is 0 Å². The molecule has 0 aliphatic rings. The normalized spacial score (nSPS) is 14.7. The molecule has 0 bridgehead atoms. The third-order valence-corrected chi connectivity index (χ3v) is 2.66. The van der Waals surface area contributed by atoms with Gasteiger partial charge in [-0.05, 0) is 17.9 Å². The lowest BCUT2D eigenvalue weighted by atomic mass is 9.85. The first-order valence-corrected chi connectivity index (χ1v) is 4.94. The van der Waals surface area contributed by atoms with Crippen molar-refractivity contribution < 1.29 is 9.90 Å². The summed E-state index contributed by atoms with van der Waals surface area (Å²) >= 11 is 0. The van der Waals surface area contributed by atoms with Gasteiger partial charge in [-0.3, -0.25) is 4.79 Å². The number of carboxylic acids is 1. The van der Waals surface area contributed by atoms with E-state index in [1.54, 1.807) is 6.92 Å². The number of aliphatic carboxylic acids is 1. The Labute approximate surface area is 84.6 Å². The van der Waals surface area contributed by atoms with E-state index >= 15 is 0 Å². The van der Waals surface area contributed by atoms with E-state index in [0.29, 0.717) is 0 Å². The highest BCUT2D eigenvalue weighted by atomic mass is 16.4. The van der Waals surface area contributed by atoms with Gasteiger partial charge >= 0.3 is 5.97 Å². The maximum Gasteiger partial charge on any atom is 0.306 e. The van der Waals surface area contributed by atoms with Crippen molar-refractivity contribution in [3.05, 3.63) is 35.9 Å². The zero-order valence-corrected chi connectivity index (χ0v) is 8.60. The van der Waals surface area contributed by atoms with Gasteiger partial charge in [0, 0.05) is 0 Å². The molecule has 1 aromatic carbocycles. The van der Waals surface area contributed by atoms with Crippen molar-refractivity contribution in [1.29, 1.82) is 0 Å². The molecule has 0 spiro atoms. The molecule has 1 rings (SSSR count). The molecule has 2 atom stereocenters. The van der Waals surface area contributed by atoms with Crippen molar-refractivity contribution in [2.75, 3.05) is 0 Å². The zero-order valence-electron chi connectivity index (χ0n) is 8.60. The van der Waals surface area contributed by atoms with E-state index in [2.05, 4.69) is 0 Å². The summed E-state index contributed by atoms with van der Waals surface area (Å²) in [6, 6.07) is 9.84. The van der Waals surface area contributed by atoms with Crippen LogP contribution in [0.3, 0.4) is 0 Å². The van der Waals surface area contributed by atoms with Gasteiger partial charge in [0.1, 0.15) is 0 Å². The Morgan fingerprint density at radius 2 is 1.93 bits per heavy atom. The average Bonchev–Trinajstić information content (AvgIpc) is 2.20. The first-order chi connectivity index (χ1) is 6.66. The second kappa shape index (κ2) is 4.80. The molecule has 1 N–H and O–H groups in total. The van der Waals surface area contributed by atoms with E-state index in [4.69, 9.17) is 5.11 Å². The topological polar surface area (TPSA) is 37.3 Å². The van der Waals surface area contributed by atoms with E-state index in [9.17, 15) is 4.79 Å². The second-order valence-corrected chi connectivity index (χ2v) is 3.55. The first-order valence-electron chi connectivity index (χ1n) is 4.94. The van der Waals surface area contributed by atoms with Crippen LogP contribution in [0.5, 0.6) is 0 Å². The smallest absolute Gasteiger partial charge is 0.306 e. The van der Waals surface area contributed by atoms with Crippen molar-refractivity contribution in [1.82, 2.24) is 0 Å². The summed E-state index contributed by atoms with van der Waals surface area (Å²) in [5.41, 5.74) is 1.12. The van der Waals surface area contributed by atoms with Crippen LogP contribution in [-0.4, -0.2) is 11.1 Å². The molecular weight excluding hydrogens is 176 g/mol. The number of hydrogen-bond donors (Lipinski definition) is 1. The Bertz CT molecular complexity index is 292. The highest BCUT2D eigenvalue weighted by molar-refractivity contribution is 5.70. The zero-order chi connectivity index (χ0) is 10.6. The molecule has 0 heterocycles. The van der Waals surface area contributed by atoms with Crippen LogP contribution in [0.4, 0.5) is 0 Å². The van der Waals surface area contributed by atoms with Gasteiger partial charge in [0.25, 0.3) is 0 Å². The number of hydrogen-bond acceptors (Lipinski definition) is 1. The molecule has 2 heteroatoms. The standard InChI is InChI=1S/C12H16O2/c1-3-11(9(2)12(13)14)10-7-5-4-6-8-10/h4-9,11H,3H2,1-2H3,(H,13,14)/t9-,11-/m1/s1. The van der Waals surface area contributed by atoms with Crippen LogP contribution in [0, 0.1) is 5.92 Å². The van der Waals surface area contributed by atoms with Gasteiger partial charge in [-0.25, -0.2) is 0 Å². The van der Waals surface area contributed by atoms with Crippen molar-refractivity contribution in [2.45, 2.75) is 26.2 Å². The largest absolute Gasteiger partial charge is 0.481 e. The minimum absolute atomic E-state index is 0.119. The fraction of sp³-hybridized carbons (Fsp3) is 0.417. The second-order valence-electron chi connectivity index (χ2n) is 3.55. The Balaban J connectivity index is 2.87. The lowest BCUT2D eigenvalue weighted by Gasteiger charge is -2.19. The molecular formula is C12H16O2. The fourth-order valence-electron chi connectivity index (χ4n) is 1.75. The molecule has 0 aromatic heterocycles. The molecule has 0 radical (unpaired) electrons. The average molecular weight is 192 g/mol. The Morgan fingerprint density at radius 1 is 1.36 bits per heavy atom. The van der Waals surface area contributed by atoms with Crippen molar-refractivity contribution in [3.8, 4) is 0 Å². The monoisotopic (exact) mass is 192 g/mol. The summed E-state index contributed by atoms with van der Waals surface area (Å²) < 4.78 is 0. The van der Waals surface area contributed by atoms with Crippen LogP contribution in [0.15, 0.2) is 30.3 Å². The molecule has 0 unspecified atom stereocenters. The third kappa shape index (κ3) is 2.34. The molecule has 14 heavy (non-hydrogen) atoms. The summed E-state index contributed by atoms with van der Waals surface area (Å²) in [4.78, 5) is 10.9.